The second-order valence-corrected chi connectivity index (χ2v) is 7.99. The molecule has 0 amide bonds. The predicted molar refractivity (Wildman–Crippen MR) is 96.5 cm³/mol. The fourth-order valence-electron chi connectivity index (χ4n) is 2.32. The van der Waals surface area contributed by atoms with Crippen molar-refractivity contribution in [2.75, 3.05) is 18.6 Å². The number of nitrogen functional groups attached to an aromatic ring is 1. The first-order valence-electron chi connectivity index (χ1n) is 7.39. The predicted octanol–water partition coefficient (Wildman–Crippen LogP) is 0.579. The summed E-state index contributed by atoms with van der Waals surface area (Å²) in [6.45, 7) is 2.06. The van der Waals surface area contributed by atoms with E-state index in [4.69, 9.17) is 10.5 Å². The number of sulfone groups is 1. The lowest BCUT2D eigenvalue weighted by atomic mass is 10.0. The maximum atomic E-state index is 12.3. The first kappa shape index (κ1) is 18.0. The molecule has 0 saturated heterocycles. The van der Waals surface area contributed by atoms with E-state index in [2.05, 4.69) is 9.36 Å². The number of hydrogen-bond acceptors (Lipinski definition) is 9. The van der Waals surface area contributed by atoms with Gasteiger partial charge in [0.15, 0.2) is 5.76 Å². The third-order valence-electron chi connectivity index (χ3n) is 3.44. The molecule has 2 heterocycles. The van der Waals surface area contributed by atoms with Crippen LogP contribution in [0.1, 0.15) is 12.5 Å². The molecule has 0 fully saturated rings. The van der Waals surface area contributed by atoms with E-state index < -0.39 is 15.4 Å². The number of rotatable bonds is 4. The van der Waals surface area contributed by atoms with E-state index in [1.54, 1.807) is 6.92 Å². The lowest BCUT2D eigenvalue weighted by Gasteiger charge is -2.10. The first-order valence-corrected chi connectivity index (χ1v) is 10.1. The number of nitrogens with zero attached hydrogens (tertiary/aromatic N) is 3. The third kappa shape index (κ3) is 3.18. The molecule has 0 aromatic carbocycles. The molecular weight excluding hydrogens is 380 g/mol. The lowest BCUT2D eigenvalue weighted by Crippen LogP contribution is -2.18. The maximum Gasteiger partial charge on any atom is 0.283 e. The van der Waals surface area contributed by atoms with Crippen LogP contribution in [0.3, 0.4) is 0 Å². The number of aromatic nitrogens is 3. The number of hydrogen-bond donors (Lipinski definition) is 1. The second-order valence-electron chi connectivity index (χ2n) is 5.35. The van der Waals surface area contributed by atoms with Crippen molar-refractivity contribution in [1.29, 1.82) is 0 Å². The Labute approximate surface area is 152 Å². The van der Waals surface area contributed by atoms with E-state index >= 15 is 0 Å². The van der Waals surface area contributed by atoms with Gasteiger partial charge in [0.05, 0.1) is 12.2 Å². The van der Waals surface area contributed by atoms with Crippen LogP contribution in [0.25, 0.3) is 11.0 Å². The molecule has 9 nitrogen and oxygen atoms in total. The molecule has 136 valence electrons. The monoisotopic (exact) mass is 394 g/mol. The van der Waals surface area contributed by atoms with Crippen LogP contribution in [-0.4, -0.2) is 40.8 Å². The van der Waals surface area contributed by atoms with Crippen molar-refractivity contribution in [2.45, 2.75) is 12.1 Å². The summed E-state index contributed by atoms with van der Waals surface area (Å²) in [5.41, 5.74) is 5.89. The summed E-state index contributed by atoms with van der Waals surface area (Å²) in [6.07, 6.45) is 6.70. The van der Waals surface area contributed by atoms with E-state index in [-0.39, 0.29) is 33.0 Å². The van der Waals surface area contributed by atoms with Crippen molar-refractivity contribution in [2.24, 2.45) is 0 Å². The minimum absolute atomic E-state index is 0.00584. The Morgan fingerprint density at radius 3 is 2.73 bits per heavy atom. The van der Waals surface area contributed by atoms with Crippen LogP contribution in [0.2, 0.25) is 0 Å². The molecule has 1 aliphatic carbocycles. The van der Waals surface area contributed by atoms with Gasteiger partial charge in [-0.25, -0.2) is 12.8 Å². The number of carbonyl (C=O) groups is 1. The summed E-state index contributed by atoms with van der Waals surface area (Å²) in [5.74, 6) is -0.245. The number of ether oxygens (including phenoxy) is 1. The van der Waals surface area contributed by atoms with Gasteiger partial charge in [-0.2, -0.15) is 9.36 Å². The van der Waals surface area contributed by atoms with Crippen LogP contribution in [0.4, 0.5) is 5.82 Å². The molecule has 3 rings (SSSR count). The van der Waals surface area contributed by atoms with Gasteiger partial charge in [0, 0.05) is 17.8 Å². The lowest BCUT2D eigenvalue weighted by molar-refractivity contribution is -0.114. The van der Waals surface area contributed by atoms with Crippen molar-refractivity contribution in [3.8, 4) is 0 Å². The molecule has 0 radical (unpaired) electrons. The summed E-state index contributed by atoms with van der Waals surface area (Å²) in [5, 5.41) is -0.290. The van der Waals surface area contributed by atoms with Gasteiger partial charge in [-0.3, -0.25) is 9.59 Å². The van der Waals surface area contributed by atoms with Crippen molar-refractivity contribution in [1.82, 2.24) is 13.8 Å². The molecular formula is C15H14N4O5S2. The molecule has 0 spiro atoms. The highest BCUT2D eigenvalue weighted by atomic mass is 32.2. The van der Waals surface area contributed by atoms with Crippen LogP contribution in [-0.2, 0) is 19.4 Å². The summed E-state index contributed by atoms with van der Waals surface area (Å²) in [6, 6.07) is 0. The second kappa shape index (κ2) is 6.50. The van der Waals surface area contributed by atoms with Gasteiger partial charge in [-0.1, -0.05) is 6.08 Å². The van der Waals surface area contributed by atoms with Gasteiger partial charge in [0.2, 0.25) is 25.7 Å². The quantitative estimate of drug-likeness (QED) is 0.796. The zero-order chi connectivity index (χ0) is 19.1. The fourth-order valence-corrected chi connectivity index (χ4v) is 4.17. The van der Waals surface area contributed by atoms with Gasteiger partial charge in [-0.05, 0) is 30.7 Å². The molecule has 26 heavy (non-hydrogen) atoms. The van der Waals surface area contributed by atoms with Crippen molar-refractivity contribution >= 4 is 44.0 Å². The number of anilines is 1. The Morgan fingerprint density at radius 1 is 1.35 bits per heavy atom. The molecule has 0 bridgehead atoms. The third-order valence-corrected chi connectivity index (χ3v) is 5.20. The zero-order valence-electron chi connectivity index (χ0n) is 13.8. The molecule has 11 heteroatoms. The van der Waals surface area contributed by atoms with Gasteiger partial charge in [0.25, 0.3) is 5.56 Å². The van der Waals surface area contributed by atoms with E-state index in [1.807, 2.05) is 0 Å². The molecule has 2 aromatic rings. The Balaban J connectivity index is 2.22. The smallest absolute Gasteiger partial charge is 0.283 e. The Hall–Kier alpha value is -2.79. The largest absolute Gasteiger partial charge is 0.490 e. The van der Waals surface area contributed by atoms with Crippen LogP contribution in [0.15, 0.2) is 39.5 Å². The summed E-state index contributed by atoms with van der Waals surface area (Å²) in [4.78, 5) is 27.9. The normalized spacial score (nSPS) is 16.3. The number of carbonyl (C=O) groups excluding carboxylic acids is 1. The average Bonchev–Trinajstić information content (AvgIpc) is 2.98. The molecule has 2 aromatic heterocycles. The number of fused-ring (bicyclic) bond motifs is 1. The highest BCUT2D eigenvalue weighted by molar-refractivity contribution is 7.90. The average molecular weight is 394 g/mol. The van der Waals surface area contributed by atoms with Crippen LogP contribution in [0.5, 0.6) is 0 Å². The highest BCUT2D eigenvalue weighted by Crippen LogP contribution is 2.22. The topological polar surface area (TPSA) is 134 Å². The Morgan fingerprint density at radius 2 is 2.08 bits per heavy atom. The van der Waals surface area contributed by atoms with E-state index in [0.29, 0.717) is 12.2 Å². The molecule has 0 saturated carbocycles. The van der Waals surface area contributed by atoms with E-state index in [0.717, 1.165) is 22.2 Å². The molecule has 1 aliphatic rings. The van der Waals surface area contributed by atoms with Crippen molar-refractivity contribution in [3.05, 3.63) is 45.5 Å². The van der Waals surface area contributed by atoms with Crippen LogP contribution >= 0.6 is 11.5 Å². The fraction of sp³-hybridized carbons (Fsp3) is 0.200. The zero-order valence-corrected chi connectivity index (χ0v) is 15.4. The number of nitrogens with two attached hydrogens (primary N) is 1. The Kier molecular flexibility index (Phi) is 4.50. The maximum absolute atomic E-state index is 12.3. The number of ketones is 1. The standard InChI is InChI=1S/C15H14N4O5S2/c1-3-24-11-7-8(4-5-10(11)20)6-9-12(16)19-14(17-13(9)21)25-18-15(19)26(2,22)23/h4-7H,3,16H2,1-2H3. The molecule has 2 N–H and O–H groups in total. The van der Waals surface area contributed by atoms with Crippen molar-refractivity contribution in [3.63, 3.8) is 0 Å². The van der Waals surface area contributed by atoms with E-state index in [9.17, 15) is 18.0 Å². The first-order chi connectivity index (χ1) is 12.2. The summed E-state index contributed by atoms with van der Waals surface area (Å²) < 4.78 is 33.9. The molecule has 0 atom stereocenters. The minimum atomic E-state index is -3.67. The number of allylic oxidation sites excluding steroid dienone is 4. The van der Waals surface area contributed by atoms with Gasteiger partial charge in [-0.15, -0.1) is 0 Å². The van der Waals surface area contributed by atoms with Gasteiger partial charge < -0.3 is 10.5 Å². The Bertz CT molecular complexity index is 1170. The minimum Gasteiger partial charge on any atom is -0.490 e. The van der Waals surface area contributed by atoms with Gasteiger partial charge in [0.1, 0.15) is 5.82 Å². The van der Waals surface area contributed by atoms with Crippen molar-refractivity contribution < 1.29 is 17.9 Å². The summed E-state index contributed by atoms with van der Waals surface area (Å²) in [7, 11) is -3.67. The van der Waals surface area contributed by atoms with E-state index in [1.165, 1.54) is 24.3 Å². The molecule has 0 aliphatic heterocycles. The van der Waals surface area contributed by atoms with Crippen LogP contribution < -0.4 is 11.3 Å². The summed E-state index contributed by atoms with van der Waals surface area (Å²) >= 11 is 0.763. The SMILES string of the molecule is CCOC1=CC(=Cc2c(N)n3c(S(C)(=O)=O)nsc3nc2=O)C=CC1=O. The van der Waals surface area contributed by atoms with Gasteiger partial charge >= 0.3 is 0 Å². The molecule has 0 unspecified atom stereocenters. The highest BCUT2D eigenvalue weighted by Gasteiger charge is 2.21. The van der Waals surface area contributed by atoms with Crippen LogP contribution in [0, 0.1) is 0 Å².